The quantitative estimate of drug-likeness (QED) is 0.755. The number of likely N-dealkylation sites (tertiary alicyclic amines) is 1. The minimum atomic E-state index is -0.0278. The van der Waals surface area contributed by atoms with Gasteiger partial charge in [0.05, 0.1) is 18.2 Å². The van der Waals surface area contributed by atoms with Crippen LogP contribution in [-0.4, -0.2) is 44.1 Å². The van der Waals surface area contributed by atoms with E-state index in [0.29, 0.717) is 13.1 Å². The molecule has 3 aromatic rings. The van der Waals surface area contributed by atoms with Gasteiger partial charge in [-0.2, -0.15) is 4.68 Å². The van der Waals surface area contributed by atoms with E-state index in [0.717, 1.165) is 36.6 Å². The lowest BCUT2D eigenvalue weighted by atomic mass is 9.97. The first-order valence-electron chi connectivity index (χ1n) is 9.20. The molecule has 0 bridgehead atoms. The number of hydrogen-bond donors (Lipinski definition) is 1. The number of nitrogens with one attached hydrogen (secondary N) is 1. The lowest BCUT2D eigenvalue weighted by molar-refractivity contribution is -0.121. The molecule has 0 spiro atoms. The van der Waals surface area contributed by atoms with Crippen LogP contribution in [0.3, 0.4) is 0 Å². The smallest absolute Gasteiger partial charge is 0.228 e. The number of tetrazole rings is 1. The summed E-state index contributed by atoms with van der Waals surface area (Å²) in [6.07, 6.45) is 1.89. The third kappa shape index (κ3) is 4.20. The summed E-state index contributed by atoms with van der Waals surface area (Å²) >= 11 is 0. The number of rotatable bonds is 5. The molecular weight excluding hydrogens is 340 g/mol. The third-order valence-corrected chi connectivity index (χ3v) is 4.82. The number of nitrogens with zero attached hydrogens (tertiary/aromatic N) is 5. The predicted molar refractivity (Wildman–Crippen MR) is 102 cm³/mol. The summed E-state index contributed by atoms with van der Waals surface area (Å²) in [5, 5.41) is 15.1. The van der Waals surface area contributed by atoms with E-state index in [-0.39, 0.29) is 11.8 Å². The lowest BCUT2D eigenvalue weighted by Crippen LogP contribution is -2.40. The fourth-order valence-corrected chi connectivity index (χ4v) is 3.45. The van der Waals surface area contributed by atoms with Crippen molar-refractivity contribution in [3.05, 3.63) is 66.5 Å². The van der Waals surface area contributed by atoms with Gasteiger partial charge in [0.2, 0.25) is 5.91 Å². The number of carbonyl (C=O) groups is 1. The Hall–Kier alpha value is -3.06. The number of amides is 1. The molecule has 7 nitrogen and oxygen atoms in total. The molecule has 138 valence electrons. The molecule has 27 heavy (non-hydrogen) atoms. The SMILES string of the molecule is O=C(Nc1ccccc1)C1CCCN(Cc2nnnn2-c2ccccc2)C1. The van der Waals surface area contributed by atoms with Crippen LogP contribution in [-0.2, 0) is 11.3 Å². The molecule has 0 radical (unpaired) electrons. The second-order valence-electron chi connectivity index (χ2n) is 6.77. The van der Waals surface area contributed by atoms with Crippen LogP contribution in [0.1, 0.15) is 18.7 Å². The molecule has 4 rings (SSSR count). The van der Waals surface area contributed by atoms with Gasteiger partial charge in [0.1, 0.15) is 0 Å². The molecule has 0 aliphatic carbocycles. The van der Waals surface area contributed by atoms with Crippen LogP contribution in [0.25, 0.3) is 5.69 Å². The van der Waals surface area contributed by atoms with Crippen molar-refractivity contribution in [1.29, 1.82) is 0 Å². The first kappa shape index (κ1) is 17.4. The van der Waals surface area contributed by atoms with Crippen molar-refractivity contribution in [1.82, 2.24) is 25.1 Å². The van der Waals surface area contributed by atoms with Crippen LogP contribution >= 0.6 is 0 Å². The predicted octanol–water partition coefficient (Wildman–Crippen LogP) is 2.51. The molecule has 1 aliphatic heterocycles. The van der Waals surface area contributed by atoms with E-state index in [1.165, 1.54) is 0 Å². The van der Waals surface area contributed by atoms with Gasteiger partial charge in [-0.1, -0.05) is 36.4 Å². The molecule has 7 heteroatoms. The van der Waals surface area contributed by atoms with E-state index >= 15 is 0 Å². The molecule has 1 aliphatic rings. The second kappa shape index (κ2) is 8.09. The van der Waals surface area contributed by atoms with Crippen LogP contribution in [0.5, 0.6) is 0 Å². The fraction of sp³-hybridized carbons (Fsp3) is 0.300. The van der Waals surface area contributed by atoms with Crippen molar-refractivity contribution in [2.24, 2.45) is 5.92 Å². The van der Waals surface area contributed by atoms with E-state index in [1.54, 1.807) is 4.68 Å². The van der Waals surface area contributed by atoms with E-state index in [9.17, 15) is 4.79 Å². The minimum Gasteiger partial charge on any atom is -0.326 e. The molecule has 2 heterocycles. The summed E-state index contributed by atoms with van der Waals surface area (Å²) in [4.78, 5) is 14.9. The number of para-hydroxylation sites is 2. The van der Waals surface area contributed by atoms with Gasteiger partial charge in [-0.3, -0.25) is 9.69 Å². The van der Waals surface area contributed by atoms with Gasteiger partial charge in [0.15, 0.2) is 5.82 Å². The number of anilines is 1. The van der Waals surface area contributed by atoms with E-state index in [2.05, 4.69) is 25.7 Å². The Kier molecular flexibility index (Phi) is 5.20. The summed E-state index contributed by atoms with van der Waals surface area (Å²) in [6, 6.07) is 19.5. The largest absolute Gasteiger partial charge is 0.326 e. The Morgan fingerprint density at radius 1 is 1.07 bits per heavy atom. The zero-order valence-corrected chi connectivity index (χ0v) is 15.0. The first-order chi connectivity index (χ1) is 13.3. The molecule has 1 atom stereocenters. The zero-order chi connectivity index (χ0) is 18.5. The van der Waals surface area contributed by atoms with Crippen molar-refractivity contribution >= 4 is 11.6 Å². The van der Waals surface area contributed by atoms with Gasteiger partial charge in [-0.05, 0) is 54.1 Å². The average molecular weight is 362 g/mol. The van der Waals surface area contributed by atoms with Crippen LogP contribution < -0.4 is 5.32 Å². The van der Waals surface area contributed by atoms with Crippen LogP contribution in [0, 0.1) is 5.92 Å². The Balaban J connectivity index is 1.41. The highest BCUT2D eigenvalue weighted by molar-refractivity contribution is 5.92. The van der Waals surface area contributed by atoms with Crippen LogP contribution in [0.2, 0.25) is 0 Å². The van der Waals surface area contributed by atoms with E-state index in [1.807, 2.05) is 60.7 Å². The summed E-state index contributed by atoms with van der Waals surface area (Å²) in [6.45, 7) is 2.27. The molecule has 1 amide bonds. The Bertz CT molecular complexity index is 880. The molecule has 2 aromatic carbocycles. The Labute approximate surface area is 158 Å². The number of piperidine rings is 1. The van der Waals surface area contributed by atoms with Gasteiger partial charge >= 0.3 is 0 Å². The molecule has 1 unspecified atom stereocenters. The van der Waals surface area contributed by atoms with Gasteiger partial charge < -0.3 is 5.32 Å². The number of carbonyl (C=O) groups excluding carboxylic acids is 1. The van der Waals surface area contributed by atoms with Crippen molar-refractivity contribution in [3.8, 4) is 5.69 Å². The molecule has 1 fully saturated rings. The zero-order valence-electron chi connectivity index (χ0n) is 15.0. The van der Waals surface area contributed by atoms with Crippen molar-refractivity contribution < 1.29 is 4.79 Å². The number of aromatic nitrogens is 4. The Morgan fingerprint density at radius 2 is 1.81 bits per heavy atom. The monoisotopic (exact) mass is 362 g/mol. The van der Waals surface area contributed by atoms with Crippen molar-refractivity contribution in [2.45, 2.75) is 19.4 Å². The van der Waals surface area contributed by atoms with Gasteiger partial charge in [-0.15, -0.1) is 5.10 Å². The van der Waals surface area contributed by atoms with Gasteiger partial charge in [-0.25, -0.2) is 0 Å². The average Bonchev–Trinajstić information content (AvgIpc) is 3.18. The standard InChI is InChI=1S/C20H22N6O/c27-20(21-17-9-3-1-4-10-17)16-8-7-13-25(14-16)15-19-22-23-24-26(19)18-11-5-2-6-12-18/h1-6,9-12,16H,7-8,13-15H2,(H,21,27). The summed E-state index contributed by atoms with van der Waals surface area (Å²) in [5.41, 5.74) is 1.78. The topological polar surface area (TPSA) is 75.9 Å². The highest BCUT2D eigenvalue weighted by Gasteiger charge is 2.27. The third-order valence-electron chi connectivity index (χ3n) is 4.82. The molecule has 0 saturated carbocycles. The van der Waals surface area contributed by atoms with Gasteiger partial charge in [0.25, 0.3) is 0 Å². The van der Waals surface area contributed by atoms with Crippen LogP contribution in [0.4, 0.5) is 5.69 Å². The first-order valence-corrected chi connectivity index (χ1v) is 9.20. The minimum absolute atomic E-state index is 0.0278. The lowest BCUT2D eigenvalue weighted by Gasteiger charge is -2.31. The summed E-state index contributed by atoms with van der Waals surface area (Å²) < 4.78 is 1.76. The normalized spacial score (nSPS) is 17.6. The van der Waals surface area contributed by atoms with Gasteiger partial charge in [0, 0.05) is 12.2 Å². The van der Waals surface area contributed by atoms with E-state index < -0.39 is 0 Å². The van der Waals surface area contributed by atoms with Crippen molar-refractivity contribution in [3.63, 3.8) is 0 Å². The number of hydrogen-bond acceptors (Lipinski definition) is 5. The maximum atomic E-state index is 12.6. The molecule has 1 N–H and O–H groups in total. The molecule has 1 saturated heterocycles. The maximum absolute atomic E-state index is 12.6. The number of benzene rings is 2. The van der Waals surface area contributed by atoms with E-state index in [4.69, 9.17) is 0 Å². The maximum Gasteiger partial charge on any atom is 0.228 e. The fourth-order valence-electron chi connectivity index (χ4n) is 3.45. The van der Waals surface area contributed by atoms with Crippen LogP contribution in [0.15, 0.2) is 60.7 Å². The second-order valence-corrected chi connectivity index (χ2v) is 6.77. The summed E-state index contributed by atoms with van der Waals surface area (Å²) in [7, 11) is 0. The van der Waals surface area contributed by atoms with Crippen molar-refractivity contribution in [2.75, 3.05) is 18.4 Å². The summed E-state index contributed by atoms with van der Waals surface area (Å²) in [5.74, 6) is 0.832. The molecule has 1 aromatic heterocycles. The molecular formula is C20H22N6O. The highest BCUT2D eigenvalue weighted by Crippen LogP contribution is 2.20. The highest BCUT2D eigenvalue weighted by atomic mass is 16.1. The Morgan fingerprint density at radius 3 is 2.59 bits per heavy atom.